The van der Waals surface area contributed by atoms with Crippen molar-refractivity contribution in [1.29, 1.82) is 0 Å². The smallest absolute Gasteiger partial charge is 0.132 e. The number of halogens is 2. The van der Waals surface area contributed by atoms with Gasteiger partial charge in [-0.05, 0) is 31.2 Å². The summed E-state index contributed by atoms with van der Waals surface area (Å²) in [7, 11) is 0. The molecule has 0 saturated carbocycles. The van der Waals surface area contributed by atoms with Crippen molar-refractivity contribution in [3.05, 3.63) is 65.2 Å². The molecule has 1 N–H and O–H groups in total. The second-order valence-electron chi connectivity index (χ2n) is 4.20. The molecule has 0 aliphatic heterocycles. The van der Waals surface area contributed by atoms with Gasteiger partial charge in [-0.3, -0.25) is 0 Å². The third-order valence-electron chi connectivity index (χ3n) is 2.85. The van der Waals surface area contributed by atoms with Crippen LogP contribution in [0.15, 0.2) is 47.6 Å². The molecule has 3 nitrogen and oxygen atoms in total. The molecule has 0 unspecified atom stereocenters. The average molecular weight is 277 g/mol. The van der Waals surface area contributed by atoms with Crippen LogP contribution in [-0.4, -0.2) is 10.9 Å². The Bertz CT molecular complexity index is 621. The van der Waals surface area contributed by atoms with E-state index in [-0.39, 0.29) is 12.2 Å². The van der Waals surface area contributed by atoms with Crippen LogP contribution in [0.25, 0.3) is 0 Å². The van der Waals surface area contributed by atoms with Crippen LogP contribution in [0.2, 0.25) is 0 Å². The maximum Gasteiger partial charge on any atom is 0.132 e. The van der Waals surface area contributed by atoms with E-state index in [0.29, 0.717) is 17.0 Å². The van der Waals surface area contributed by atoms with Gasteiger partial charge >= 0.3 is 0 Å². The number of benzene rings is 2. The molecule has 104 valence electrons. The first-order valence-electron chi connectivity index (χ1n) is 5.96. The highest BCUT2D eigenvalue weighted by Gasteiger charge is 2.09. The molecule has 0 saturated heterocycles. The van der Waals surface area contributed by atoms with Gasteiger partial charge in [0.25, 0.3) is 0 Å². The number of nitrogens with zero attached hydrogens (tertiary/aromatic N) is 1. The summed E-state index contributed by atoms with van der Waals surface area (Å²) in [6, 6.07) is 10.4. The highest BCUT2D eigenvalue weighted by Crippen LogP contribution is 2.18. The van der Waals surface area contributed by atoms with Gasteiger partial charge in [-0.2, -0.15) is 0 Å². The topological polar surface area (TPSA) is 41.8 Å². The summed E-state index contributed by atoms with van der Waals surface area (Å²) in [5.41, 5.74) is 0.969. The van der Waals surface area contributed by atoms with E-state index in [4.69, 9.17) is 9.94 Å². The summed E-state index contributed by atoms with van der Waals surface area (Å²) in [5.74, 6) is -0.850. The first-order chi connectivity index (χ1) is 9.61. The predicted octanol–water partition coefficient (Wildman–Crippen LogP) is 3.74. The molecule has 0 spiro atoms. The van der Waals surface area contributed by atoms with Crippen LogP contribution < -0.4 is 4.74 Å². The summed E-state index contributed by atoms with van der Waals surface area (Å²) >= 11 is 0. The molecule has 0 fully saturated rings. The largest absolute Gasteiger partial charge is 0.489 e. The zero-order chi connectivity index (χ0) is 14.5. The molecule has 0 aliphatic carbocycles. The van der Waals surface area contributed by atoms with Crippen LogP contribution in [-0.2, 0) is 6.61 Å². The average Bonchev–Trinajstić information content (AvgIpc) is 2.46. The van der Waals surface area contributed by atoms with Crippen molar-refractivity contribution in [3.63, 3.8) is 0 Å². The van der Waals surface area contributed by atoms with Crippen molar-refractivity contribution in [2.24, 2.45) is 5.16 Å². The van der Waals surface area contributed by atoms with E-state index in [9.17, 15) is 8.78 Å². The molecule has 2 aromatic rings. The van der Waals surface area contributed by atoms with Gasteiger partial charge in [0.05, 0.1) is 11.3 Å². The molecule has 2 aromatic carbocycles. The van der Waals surface area contributed by atoms with E-state index in [0.717, 1.165) is 0 Å². The molecule has 0 aliphatic rings. The first kappa shape index (κ1) is 14.0. The Morgan fingerprint density at radius 2 is 1.80 bits per heavy atom. The zero-order valence-electron chi connectivity index (χ0n) is 10.8. The molecular formula is C15H13F2NO2. The SMILES string of the molecule is C/C(=N/O)c1cccc(OCc2c(F)cccc2F)c1. The Labute approximate surface area is 115 Å². The van der Waals surface area contributed by atoms with E-state index in [1.807, 2.05) is 0 Å². The second-order valence-corrected chi connectivity index (χ2v) is 4.20. The normalized spacial score (nSPS) is 11.4. The molecule has 0 heterocycles. The molecule has 20 heavy (non-hydrogen) atoms. The minimum Gasteiger partial charge on any atom is -0.489 e. The molecule has 2 rings (SSSR count). The zero-order valence-corrected chi connectivity index (χ0v) is 10.8. The summed E-state index contributed by atoms with van der Waals surface area (Å²) < 4.78 is 32.3. The van der Waals surface area contributed by atoms with Crippen LogP contribution in [0.3, 0.4) is 0 Å². The van der Waals surface area contributed by atoms with Gasteiger partial charge in [0.15, 0.2) is 0 Å². The van der Waals surface area contributed by atoms with Gasteiger partial charge in [-0.25, -0.2) is 8.78 Å². The van der Waals surface area contributed by atoms with Crippen LogP contribution in [0, 0.1) is 11.6 Å². The van der Waals surface area contributed by atoms with Gasteiger partial charge in [-0.15, -0.1) is 0 Å². The van der Waals surface area contributed by atoms with Gasteiger partial charge in [0.2, 0.25) is 0 Å². The van der Waals surface area contributed by atoms with Crippen molar-refractivity contribution in [1.82, 2.24) is 0 Å². The summed E-state index contributed by atoms with van der Waals surface area (Å²) in [5, 5.41) is 11.8. The van der Waals surface area contributed by atoms with Crippen molar-refractivity contribution in [2.45, 2.75) is 13.5 Å². The minimum atomic E-state index is -0.644. The fourth-order valence-corrected chi connectivity index (χ4v) is 1.69. The monoisotopic (exact) mass is 277 g/mol. The number of oxime groups is 1. The summed E-state index contributed by atoms with van der Waals surface area (Å²) in [6.45, 7) is 1.42. The molecule has 5 heteroatoms. The van der Waals surface area contributed by atoms with E-state index in [1.165, 1.54) is 18.2 Å². The minimum absolute atomic E-state index is 0.120. The molecule has 0 radical (unpaired) electrons. The van der Waals surface area contributed by atoms with Crippen molar-refractivity contribution < 1.29 is 18.7 Å². The van der Waals surface area contributed by atoms with E-state index >= 15 is 0 Å². The lowest BCUT2D eigenvalue weighted by Gasteiger charge is -2.09. The number of rotatable bonds is 4. The van der Waals surface area contributed by atoms with Gasteiger partial charge in [0, 0.05) is 5.56 Å². The molecule has 0 aromatic heterocycles. The fraction of sp³-hybridized carbons (Fsp3) is 0.133. The van der Waals surface area contributed by atoms with E-state index < -0.39 is 11.6 Å². The second kappa shape index (κ2) is 6.14. The molecule has 0 amide bonds. The third-order valence-corrected chi connectivity index (χ3v) is 2.85. The highest BCUT2D eigenvalue weighted by molar-refractivity contribution is 5.98. The molecular weight excluding hydrogens is 264 g/mol. The van der Waals surface area contributed by atoms with Crippen molar-refractivity contribution in [3.8, 4) is 5.75 Å². The Hall–Kier alpha value is -2.43. The van der Waals surface area contributed by atoms with Gasteiger partial charge < -0.3 is 9.94 Å². The highest BCUT2D eigenvalue weighted by atomic mass is 19.1. The first-order valence-corrected chi connectivity index (χ1v) is 5.96. The standard InChI is InChI=1S/C15H13F2NO2/c1-10(18-19)11-4-2-5-12(8-11)20-9-13-14(16)6-3-7-15(13)17/h2-8,19H,9H2,1H3/b18-10-. The van der Waals surface area contributed by atoms with Crippen molar-refractivity contribution in [2.75, 3.05) is 0 Å². The van der Waals surface area contributed by atoms with Crippen LogP contribution in [0.4, 0.5) is 8.78 Å². The summed E-state index contributed by atoms with van der Waals surface area (Å²) in [4.78, 5) is 0. The molecule has 0 atom stereocenters. The lowest BCUT2D eigenvalue weighted by atomic mass is 10.1. The van der Waals surface area contributed by atoms with E-state index in [2.05, 4.69) is 5.16 Å². The van der Waals surface area contributed by atoms with Gasteiger partial charge in [0.1, 0.15) is 24.0 Å². The van der Waals surface area contributed by atoms with Crippen LogP contribution >= 0.6 is 0 Å². The quantitative estimate of drug-likeness (QED) is 0.525. The maximum absolute atomic E-state index is 13.4. The Balaban J connectivity index is 2.15. The number of hydrogen-bond donors (Lipinski definition) is 1. The van der Waals surface area contributed by atoms with Crippen LogP contribution in [0.5, 0.6) is 5.75 Å². The third kappa shape index (κ3) is 3.12. The van der Waals surface area contributed by atoms with Crippen LogP contribution in [0.1, 0.15) is 18.1 Å². The summed E-state index contributed by atoms with van der Waals surface area (Å²) in [6.07, 6.45) is 0. The lowest BCUT2D eigenvalue weighted by Crippen LogP contribution is -2.02. The molecule has 0 bridgehead atoms. The Kier molecular flexibility index (Phi) is 4.30. The Morgan fingerprint density at radius 1 is 1.15 bits per heavy atom. The van der Waals surface area contributed by atoms with E-state index in [1.54, 1.807) is 31.2 Å². The number of hydrogen-bond acceptors (Lipinski definition) is 3. The van der Waals surface area contributed by atoms with Gasteiger partial charge in [-0.1, -0.05) is 23.4 Å². The predicted molar refractivity (Wildman–Crippen MR) is 71.1 cm³/mol. The number of ether oxygens (including phenoxy) is 1. The fourth-order valence-electron chi connectivity index (χ4n) is 1.69. The maximum atomic E-state index is 13.4. The Morgan fingerprint density at radius 3 is 2.45 bits per heavy atom. The lowest BCUT2D eigenvalue weighted by molar-refractivity contribution is 0.292. The van der Waals surface area contributed by atoms with Crippen molar-refractivity contribution >= 4 is 5.71 Å².